The Morgan fingerprint density at radius 1 is 1.21 bits per heavy atom. The molecule has 3 nitrogen and oxygen atoms in total. The van der Waals surface area contributed by atoms with Crippen LogP contribution in [0.1, 0.15) is 31.2 Å². The topological polar surface area (TPSA) is 30.5 Å². The van der Waals surface area contributed by atoms with Crippen LogP contribution in [0.15, 0.2) is 22.7 Å². The van der Waals surface area contributed by atoms with Crippen molar-refractivity contribution in [3.05, 3.63) is 28.2 Å². The van der Waals surface area contributed by atoms with E-state index in [9.17, 15) is 0 Å². The maximum absolute atomic E-state index is 6.03. The second-order valence-corrected chi connectivity index (χ2v) is 6.20. The third-order valence-electron chi connectivity index (χ3n) is 3.63. The molecule has 0 radical (unpaired) electrons. The van der Waals surface area contributed by atoms with Crippen molar-refractivity contribution in [3.63, 3.8) is 0 Å². The third-order valence-corrected chi connectivity index (χ3v) is 4.25. The van der Waals surface area contributed by atoms with Crippen LogP contribution < -0.4 is 10.1 Å². The van der Waals surface area contributed by atoms with Crippen molar-refractivity contribution >= 4 is 15.9 Å². The van der Waals surface area contributed by atoms with Crippen molar-refractivity contribution < 1.29 is 9.47 Å². The van der Waals surface area contributed by atoms with Gasteiger partial charge in [0.1, 0.15) is 11.9 Å². The van der Waals surface area contributed by atoms with E-state index in [2.05, 4.69) is 39.4 Å². The standard InChI is InChI=1S/C15H20BrNO2/c16-14-9-11(10-17-12-2-3-12)1-4-15(14)19-13-5-7-18-8-6-13/h1,4,9,12-13,17H,2-3,5-8,10H2. The lowest BCUT2D eigenvalue weighted by atomic mass is 10.1. The van der Waals surface area contributed by atoms with E-state index in [4.69, 9.17) is 9.47 Å². The highest BCUT2D eigenvalue weighted by Gasteiger charge is 2.20. The van der Waals surface area contributed by atoms with Crippen molar-refractivity contribution in [1.82, 2.24) is 5.32 Å². The van der Waals surface area contributed by atoms with Crippen LogP contribution in [-0.4, -0.2) is 25.4 Å². The minimum Gasteiger partial charge on any atom is -0.489 e. The molecular weight excluding hydrogens is 306 g/mol. The molecular formula is C15H20BrNO2. The molecule has 0 aromatic heterocycles. The summed E-state index contributed by atoms with van der Waals surface area (Å²) in [5.74, 6) is 0.946. The quantitative estimate of drug-likeness (QED) is 0.901. The van der Waals surface area contributed by atoms with Crippen molar-refractivity contribution in [1.29, 1.82) is 0 Å². The third kappa shape index (κ3) is 3.94. The van der Waals surface area contributed by atoms with Gasteiger partial charge in [-0.05, 0) is 46.5 Å². The van der Waals surface area contributed by atoms with Crippen LogP contribution >= 0.6 is 15.9 Å². The van der Waals surface area contributed by atoms with Gasteiger partial charge in [0.25, 0.3) is 0 Å². The highest BCUT2D eigenvalue weighted by molar-refractivity contribution is 9.10. The monoisotopic (exact) mass is 325 g/mol. The molecule has 1 heterocycles. The van der Waals surface area contributed by atoms with E-state index in [1.807, 2.05) is 0 Å². The molecule has 0 spiro atoms. The molecule has 1 aromatic carbocycles. The van der Waals surface area contributed by atoms with E-state index in [0.717, 1.165) is 48.9 Å². The van der Waals surface area contributed by atoms with Crippen LogP contribution in [-0.2, 0) is 11.3 Å². The molecule has 1 aromatic rings. The van der Waals surface area contributed by atoms with E-state index < -0.39 is 0 Å². The normalized spacial score (nSPS) is 20.5. The van der Waals surface area contributed by atoms with Crippen molar-refractivity contribution in [2.75, 3.05) is 13.2 Å². The second-order valence-electron chi connectivity index (χ2n) is 5.35. The summed E-state index contributed by atoms with van der Waals surface area (Å²) in [7, 11) is 0. The second kappa shape index (κ2) is 6.25. The first-order valence-corrected chi connectivity index (χ1v) is 7.87. The molecule has 0 amide bonds. The van der Waals surface area contributed by atoms with Crippen molar-refractivity contribution in [2.45, 2.75) is 44.4 Å². The molecule has 1 aliphatic heterocycles. The largest absolute Gasteiger partial charge is 0.489 e. The van der Waals surface area contributed by atoms with Crippen LogP contribution in [0.25, 0.3) is 0 Å². The maximum atomic E-state index is 6.03. The Balaban J connectivity index is 1.58. The summed E-state index contributed by atoms with van der Waals surface area (Å²) in [4.78, 5) is 0. The molecule has 2 aliphatic rings. The van der Waals surface area contributed by atoms with Crippen LogP contribution in [0, 0.1) is 0 Å². The van der Waals surface area contributed by atoms with Gasteiger partial charge in [-0.15, -0.1) is 0 Å². The molecule has 1 saturated heterocycles. The number of hydrogen-bond donors (Lipinski definition) is 1. The molecule has 4 heteroatoms. The van der Waals surface area contributed by atoms with Crippen molar-refractivity contribution in [2.24, 2.45) is 0 Å². The Morgan fingerprint density at radius 3 is 2.68 bits per heavy atom. The Bertz CT molecular complexity index is 428. The number of benzene rings is 1. The summed E-state index contributed by atoms with van der Waals surface area (Å²) < 4.78 is 12.4. The lowest BCUT2D eigenvalue weighted by molar-refractivity contribution is 0.0252. The van der Waals surface area contributed by atoms with E-state index in [-0.39, 0.29) is 0 Å². The Kier molecular flexibility index (Phi) is 4.41. The van der Waals surface area contributed by atoms with Gasteiger partial charge in [0.2, 0.25) is 0 Å². The summed E-state index contributed by atoms with van der Waals surface area (Å²) in [5.41, 5.74) is 1.30. The molecule has 1 aliphatic carbocycles. The zero-order valence-corrected chi connectivity index (χ0v) is 12.6. The van der Waals surface area contributed by atoms with Gasteiger partial charge in [-0.2, -0.15) is 0 Å². The number of hydrogen-bond acceptors (Lipinski definition) is 3. The summed E-state index contributed by atoms with van der Waals surface area (Å²) >= 11 is 3.61. The first-order chi connectivity index (χ1) is 9.31. The van der Waals surface area contributed by atoms with Crippen LogP contribution in [0.4, 0.5) is 0 Å². The first-order valence-electron chi connectivity index (χ1n) is 7.07. The Labute approximate surface area is 122 Å². The predicted octanol–water partition coefficient (Wildman–Crippen LogP) is 3.26. The van der Waals surface area contributed by atoms with E-state index in [1.54, 1.807) is 0 Å². The number of rotatable bonds is 5. The summed E-state index contributed by atoms with van der Waals surface area (Å²) in [6, 6.07) is 7.12. The average molecular weight is 326 g/mol. The van der Waals surface area contributed by atoms with Gasteiger partial charge in [-0.25, -0.2) is 0 Å². The molecule has 0 bridgehead atoms. The number of nitrogens with one attached hydrogen (secondary N) is 1. The molecule has 0 atom stereocenters. The average Bonchev–Trinajstić information content (AvgIpc) is 3.25. The highest BCUT2D eigenvalue weighted by atomic mass is 79.9. The molecule has 0 unspecified atom stereocenters. The molecule has 1 N–H and O–H groups in total. The molecule has 104 valence electrons. The van der Waals surface area contributed by atoms with E-state index >= 15 is 0 Å². The van der Waals surface area contributed by atoms with Gasteiger partial charge >= 0.3 is 0 Å². The van der Waals surface area contributed by atoms with Gasteiger partial charge in [-0.1, -0.05) is 6.07 Å². The first kappa shape index (κ1) is 13.4. The smallest absolute Gasteiger partial charge is 0.133 e. The summed E-state index contributed by atoms with van der Waals surface area (Å²) in [5, 5.41) is 3.52. The van der Waals surface area contributed by atoms with Crippen LogP contribution in [0.3, 0.4) is 0 Å². The van der Waals surface area contributed by atoms with Crippen molar-refractivity contribution in [3.8, 4) is 5.75 Å². The zero-order chi connectivity index (χ0) is 13.1. The molecule has 2 fully saturated rings. The van der Waals surface area contributed by atoms with Gasteiger partial charge in [0.05, 0.1) is 17.7 Å². The van der Waals surface area contributed by atoms with Crippen LogP contribution in [0.5, 0.6) is 5.75 Å². The van der Waals surface area contributed by atoms with Gasteiger partial charge in [0.15, 0.2) is 0 Å². The fraction of sp³-hybridized carbons (Fsp3) is 0.600. The van der Waals surface area contributed by atoms with Crippen LogP contribution in [0.2, 0.25) is 0 Å². The minimum absolute atomic E-state index is 0.292. The molecule has 19 heavy (non-hydrogen) atoms. The summed E-state index contributed by atoms with van der Waals surface area (Å²) in [6.45, 7) is 2.57. The fourth-order valence-corrected chi connectivity index (χ4v) is 2.79. The van der Waals surface area contributed by atoms with Gasteiger partial charge < -0.3 is 14.8 Å². The number of ether oxygens (including phenoxy) is 2. The maximum Gasteiger partial charge on any atom is 0.133 e. The Morgan fingerprint density at radius 2 is 2.00 bits per heavy atom. The van der Waals surface area contributed by atoms with Gasteiger partial charge in [-0.3, -0.25) is 0 Å². The van der Waals surface area contributed by atoms with E-state index in [1.165, 1.54) is 18.4 Å². The lowest BCUT2D eigenvalue weighted by Crippen LogP contribution is -2.26. The molecule has 1 saturated carbocycles. The van der Waals surface area contributed by atoms with E-state index in [0.29, 0.717) is 6.10 Å². The minimum atomic E-state index is 0.292. The highest BCUT2D eigenvalue weighted by Crippen LogP contribution is 2.29. The lowest BCUT2D eigenvalue weighted by Gasteiger charge is -2.24. The SMILES string of the molecule is Brc1cc(CNC2CC2)ccc1OC1CCOCC1. The van der Waals surface area contributed by atoms with Gasteiger partial charge in [0, 0.05) is 25.4 Å². The summed E-state index contributed by atoms with van der Waals surface area (Å²) in [6.07, 6.45) is 4.91. The predicted molar refractivity (Wildman–Crippen MR) is 78.5 cm³/mol. The Hall–Kier alpha value is -0.580. The fourth-order valence-electron chi connectivity index (χ4n) is 2.27. The zero-order valence-electron chi connectivity index (χ0n) is 11.0. The number of halogens is 1. The molecule has 3 rings (SSSR count).